The number of rotatable bonds is 4. The van der Waals surface area contributed by atoms with Crippen LogP contribution in [-0.2, 0) is 6.61 Å². The van der Waals surface area contributed by atoms with Gasteiger partial charge in [0.2, 0.25) is 5.88 Å². The lowest BCUT2D eigenvalue weighted by molar-refractivity contribution is 0.296. The highest BCUT2D eigenvalue weighted by Crippen LogP contribution is 2.21. The summed E-state index contributed by atoms with van der Waals surface area (Å²) in [5, 5.41) is 0. The molecule has 0 saturated heterocycles. The summed E-state index contributed by atoms with van der Waals surface area (Å²) in [5.41, 5.74) is 0.717. The second kappa shape index (κ2) is 5.82. The van der Waals surface area contributed by atoms with E-state index in [1.807, 2.05) is 12.1 Å². The van der Waals surface area contributed by atoms with Crippen molar-refractivity contribution >= 4 is 15.9 Å². The maximum Gasteiger partial charge on any atom is 0.213 e. The van der Waals surface area contributed by atoms with E-state index in [1.165, 1.54) is 12.1 Å². The molecular formula is C13H11BrFNO2. The van der Waals surface area contributed by atoms with E-state index in [0.29, 0.717) is 16.1 Å². The zero-order chi connectivity index (χ0) is 13.0. The summed E-state index contributed by atoms with van der Waals surface area (Å²) >= 11 is 3.21. The Morgan fingerprint density at radius 3 is 2.83 bits per heavy atom. The molecule has 0 unspecified atom stereocenters. The van der Waals surface area contributed by atoms with Crippen LogP contribution < -0.4 is 9.47 Å². The lowest BCUT2D eigenvalue weighted by Gasteiger charge is -2.07. The molecule has 0 fully saturated rings. The van der Waals surface area contributed by atoms with Gasteiger partial charge in [-0.25, -0.2) is 9.37 Å². The summed E-state index contributed by atoms with van der Waals surface area (Å²) in [7, 11) is 1.55. The number of nitrogens with zero attached hydrogens (tertiary/aromatic N) is 1. The topological polar surface area (TPSA) is 31.4 Å². The van der Waals surface area contributed by atoms with Crippen LogP contribution in [0.5, 0.6) is 11.6 Å². The van der Waals surface area contributed by atoms with Crippen molar-refractivity contribution in [2.75, 3.05) is 7.11 Å². The third-order valence-corrected chi connectivity index (χ3v) is 2.67. The molecule has 0 aliphatic carbocycles. The van der Waals surface area contributed by atoms with Crippen molar-refractivity contribution in [3.63, 3.8) is 0 Å². The lowest BCUT2D eigenvalue weighted by atomic mass is 10.3. The van der Waals surface area contributed by atoms with E-state index < -0.39 is 0 Å². The van der Waals surface area contributed by atoms with Crippen LogP contribution in [0, 0.1) is 5.82 Å². The van der Waals surface area contributed by atoms with Crippen LogP contribution in [-0.4, -0.2) is 12.1 Å². The molecule has 0 radical (unpaired) electrons. The molecule has 0 saturated carbocycles. The minimum atomic E-state index is -0.349. The van der Waals surface area contributed by atoms with E-state index in [4.69, 9.17) is 9.47 Å². The first kappa shape index (κ1) is 12.8. The van der Waals surface area contributed by atoms with E-state index in [-0.39, 0.29) is 12.4 Å². The van der Waals surface area contributed by atoms with Gasteiger partial charge < -0.3 is 9.47 Å². The smallest absolute Gasteiger partial charge is 0.213 e. The van der Waals surface area contributed by atoms with Crippen LogP contribution in [0.3, 0.4) is 0 Å². The molecule has 2 rings (SSSR count). The highest BCUT2D eigenvalue weighted by Gasteiger charge is 2.02. The Hall–Kier alpha value is -1.62. The SMILES string of the molecule is COc1cccc(COc2cc(F)cc(Br)c2)n1. The lowest BCUT2D eigenvalue weighted by Crippen LogP contribution is -1.99. The molecule has 0 atom stereocenters. The van der Waals surface area contributed by atoms with Crippen molar-refractivity contribution in [3.05, 3.63) is 52.4 Å². The van der Waals surface area contributed by atoms with Crippen LogP contribution in [0.2, 0.25) is 0 Å². The van der Waals surface area contributed by atoms with Crippen molar-refractivity contribution < 1.29 is 13.9 Å². The number of ether oxygens (including phenoxy) is 2. The van der Waals surface area contributed by atoms with Crippen molar-refractivity contribution in [2.24, 2.45) is 0 Å². The van der Waals surface area contributed by atoms with Crippen LogP contribution >= 0.6 is 15.9 Å². The quantitative estimate of drug-likeness (QED) is 0.865. The zero-order valence-electron chi connectivity index (χ0n) is 9.69. The molecule has 0 spiro atoms. The summed E-state index contributed by atoms with van der Waals surface area (Å²) in [5.74, 6) is 0.626. The van der Waals surface area contributed by atoms with Crippen molar-refractivity contribution in [1.82, 2.24) is 4.98 Å². The van der Waals surface area contributed by atoms with Crippen LogP contribution in [0.15, 0.2) is 40.9 Å². The standard InChI is InChI=1S/C13H11BrFNO2/c1-17-13-4-2-3-11(16-13)8-18-12-6-9(14)5-10(15)7-12/h2-7H,8H2,1H3. The van der Waals surface area contributed by atoms with Crippen molar-refractivity contribution in [1.29, 1.82) is 0 Å². The van der Waals surface area contributed by atoms with Gasteiger partial charge in [-0.1, -0.05) is 22.0 Å². The first-order chi connectivity index (χ1) is 8.67. The first-order valence-electron chi connectivity index (χ1n) is 5.26. The van der Waals surface area contributed by atoms with E-state index in [1.54, 1.807) is 19.2 Å². The average molecular weight is 312 g/mol. The second-order valence-corrected chi connectivity index (χ2v) is 4.48. The first-order valence-corrected chi connectivity index (χ1v) is 6.05. The van der Waals surface area contributed by atoms with Gasteiger partial charge in [0.25, 0.3) is 0 Å². The fourth-order valence-electron chi connectivity index (χ4n) is 1.42. The molecule has 1 aromatic heterocycles. The van der Waals surface area contributed by atoms with Crippen molar-refractivity contribution in [2.45, 2.75) is 6.61 Å². The highest BCUT2D eigenvalue weighted by atomic mass is 79.9. The normalized spacial score (nSPS) is 10.2. The maximum atomic E-state index is 13.1. The Morgan fingerprint density at radius 1 is 1.28 bits per heavy atom. The summed E-state index contributed by atoms with van der Waals surface area (Å²) in [4.78, 5) is 4.20. The fourth-order valence-corrected chi connectivity index (χ4v) is 1.87. The van der Waals surface area contributed by atoms with Gasteiger partial charge >= 0.3 is 0 Å². The molecule has 0 bridgehead atoms. The Kier molecular flexibility index (Phi) is 4.15. The molecule has 0 amide bonds. The monoisotopic (exact) mass is 311 g/mol. The molecule has 1 aromatic carbocycles. The number of benzene rings is 1. The van der Waals surface area contributed by atoms with Gasteiger partial charge in [0.15, 0.2) is 0 Å². The summed E-state index contributed by atoms with van der Waals surface area (Å²) in [6.45, 7) is 0.257. The predicted molar refractivity (Wildman–Crippen MR) is 69.2 cm³/mol. The number of pyridine rings is 1. The maximum absolute atomic E-state index is 13.1. The van der Waals surface area contributed by atoms with Gasteiger partial charge in [-0.05, 0) is 18.2 Å². The van der Waals surface area contributed by atoms with Crippen LogP contribution in [0.25, 0.3) is 0 Å². The van der Waals surface area contributed by atoms with E-state index in [0.717, 1.165) is 5.69 Å². The molecule has 5 heteroatoms. The number of hydrogen-bond donors (Lipinski definition) is 0. The van der Waals surface area contributed by atoms with Crippen LogP contribution in [0.1, 0.15) is 5.69 Å². The predicted octanol–water partition coefficient (Wildman–Crippen LogP) is 3.57. The minimum absolute atomic E-state index is 0.257. The number of hydrogen-bond acceptors (Lipinski definition) is 3. The Bertz CT molecular complexity index is 528. The van der Waals surface area contributed by atoms with Gasteiger partial charge in [0.05, 0.1) is 12.8 Å². The summed E-state index contributed by atoms with van der Waals surface area (Å²) in [6, 6.07) is 9.79. The van der Waals surface area contributed by atoms with E-state index in [2.05, 4.69) is 20.9 Å². The van der Waals surface area contributed by atoms with E-state index in [9.17, 15) is 4.39 Å². The number of halogens is 2. The Balaban J connectivity index is 2.06. The number of methoxy groups -OCH3 is 1. The molecule has 1 heterocycles. The van der Waals surface area contributed by atoms with Crippen molar-refractivity contribution in [3.8, 4) is 11.6 Å². The van der Waals surface area contributed by atoms with Gasteiger partial charge in [-0.2, -0.15) is 0 Å². The highest BCUT2D eigenvalue weighted by molar-refractivity contribution is 9.10. The molecule has 18 heavy (non-hydrogen) atoms. The summed E-state index contributed by atoms with van der Waals surface area (Å²) < 4.78 is 24.2. The molecule has 0 N–H and O–H groups in total. The third-order valence-electron chi connectivity index (χ3n) is 2.21. The Labute approximate surface area is 113 Å². The van der Waals surface area contributed by atoms with Gasteiger partial charge in [-0.15, -0.1) is 0 Å². The Morgan fingerprint density at radius 2 is 2.11 bits per heavy atom. The molecule has 0 aliphatic rings. The average Bonchev–Trinajstić information content (AvgIpc) is 2.35. The molecule has 3 nitrogen and oxygen atoms in total. The largest absolute Gasteiger partial charge is 0.487 e. The van der Waals surface area contributed by atoms with Gasteiger partial charge in [-0.3, -0.25) is 0 Å². The number of aromatic nitrogens is 1. The fraction of sp³-hybridized carbons (Fsp3) is 0.154. The van der Waals surface area contributed by atoms with Crippen LogP contribution in [0.4, 0.5) is 4.39 Å². The zero-order valence-corrected chi connectivity index (χ0v) is 11.3. The van der Waals surface area contributed by atoms with Gasteiger partial charge in [0.1, 0.15) is 18.2 Å². The van der Waals surface area contributed by atoms with Gasteiger partial charge in [0, 0.05) is 16.6 Å². The summed E-state index contributed by atoms with van der Waals surface area (Å²) in [6.07, 6.45) is 0. The van der Waals surface area contributed by atoms with E-state index >= 15 is 0 Å². The molecule has 94 valence electrons. The third kappa shape index (κ3) is 3.43. The second-order valence-electron chi connectivity index (χ2n) is 3.57. The molecule has 0 aliphatic heterocycles. The molecular weight excluding hydrogens is 301 g/mol. The minimum Gasteiger partial charge on any atom is -0.487 e. The molecule has 2 aromatic rings.